The monoisotopic (exact) mass is 370 g/mol. The molecule has 146 valence electrons. The van der Waals surface area contributed by atoms with Gasteiger partial charge in [-0.3, -0.25) is 0 Å². The first-order chi connectivity index (χ1) is 13.3. The van der Waals surface area contributed by atoms with Gasteiger partial charge in [-0.15, -0.1) is 0 Å². The molecule has 2 aliphatic heterocycles. The molecule has 1 saturated carbocycles. The summed E-state index contributed by atoms with van der Waals surface area (Å²) in [6.07, 6.45) is 6.88. The number of nitrogens with zero attached hydrogens (tertiary/aromatic N) is 1. The molecule has 2 heterocycles. The van der Waals surface area contributed by atoms with Crippen LogP contribution in [0, 0.1) is 11.8 Å². The van der Waals surface area contributed by atoms with Gasteiger partial charge in [-0.2, -0.15) is 0 Å². The third-order valence-corrected chi connectivity index (χ3v) is 7.12. The number of hydrogen-bond donors (Lipinski definition) is 1. The molecular weight excluding hydrogens is 340 g/mol. The summed E-state index contributed by atoms with van der Waals surface area (Å²) in [5, 5.41) is 3.45. The molecule has 0 radical (unpaired) electrons. The summed E-state index contributed by atoms with van der Waals surface area (Å²) in [6.45, 7) is 2.70. The summed E-state index contributed by atoms with van der Waals surface area (Å²) in [5.41, 5.74) is 2.96. The van der Waals surface area contributed by atoms with Crippen LogP contribution in [0.3, 0.4) is 0 Å². The van der Waals surface area contributed by atoms with Gasteiger partial charge in [-0.1, -0.05) is 24.3 Å². The number of carbonyl (C=O) groups excluding carboxylic acids is 1. The van der Waals surface area contributed by atoms with Crippen LogP contribution in [0.5, 0.6) is 0 Å². The smallest absolute Gasteiger partial charge is 0.318 e. The van der Waals surface area contributed by atoms with Crippen molar-refractivity contribution in [2.45, 2.75) is 56.7 Å². The Kier molecular flexibility index (Phi) is 4.82. The Morgan fingerprint density at radius 3 is 2.44 bits per heavy atom. The second kappa shape index (κ2) is 7.44. The van der Waals surface area contributed by atoms with Crippen molar-refractivity contribution in [2.75, 3.05) is 26.4 Å². The topological polar surface area (TPSA) is 50.8 Å². The number of morpholine rings is 1. The molecule has 0 aromatic heterocycles. The predicted molar refractivity (Wildman–Crippen MR) is 103 cm³/mol. The predicted octanol–water partition coefficient (Wildman–Crippen LogP) is 2.77. The van der Waals surface area contributed by atoms with Crippen molar-refractivity contribution in [2.24, 2.45) is 11.8 Å². The standard InChI is InChI=1S/C22H30N2O3/c25-22(24-9-11-26-14-19(24)20-6-3-10-27-20)23-21-17-7-8-18(21)13-16-5-2-1-4-15(16)12-17/h1-2,4-5,17-21H,3,6-14H2,(H,23,25). The Morgan fingerprint density at radius 2 is 1.78 bits per heavy atom. The SMILES string of the molecule is O=C(NC1C2CCC1Cc1ccccc1C2)N1CCOCC1C1CCCO1. The van der Waals surface area contributed by atoms with Crippen LogP contribution in [0.15, 0.2) is 24.3 Å². The van der Waals surface area contributed by atoms with Gasteiger partial charge < -0.3 is 19.7 Å². The Morgan fingerprint density at radius 1 is 1.04 bits per heavy atom. The lowest BCUT2D eigenvalue weighted by Gasteiger charge is -2.39. The minimum atomic E-state index is 0.0573. The second-order valence-corrected chi connectivity index (χ2v) is 8.64. The van der Waals surface area contributed by atoms with Gasteiger partial charge in [0, 0.05) is 19.2 Å². The van der Waals surface area contributed by atoms with Crippen molar-refractivity contribution >= 4 is 6.03 Å². The van der Waals surface area contributed by atoms with Crippen molar-refractivity contribution in [3.05, 3.63) is 35.4 Å². The number of urea groups is 1. The van der Waals surface area contributed by atoms with E-state index in [1.54, 1.807) is 0 Å². The first-order valence-corrected chi connectivity index (χ1v) is 10.6. The van der Waals surface area contributed by atoms with Crippen molar-refractivity contribution in [3.8, 4) is 0 Å². The molecular formula is C22H30N2O3. The molecule has 2 bridgehead atoms. The summed E-state index contributed by atoms with van der Waals surface area (Å²) in [4.78, 5) is 15.2. The van der Waals surface area contributed by atoms with Crippen LogP contribution in [-0.4, -0.2) is 55.5 Å². The van der Waals surface area contributed by atoms with E-state index in [4.69, 9.17) is 9.47 Å². The lowest BCUT2D eigenvalue weighted by molar-refractivity contribution is -0.0479. The fourth-order valence-electron chi connectivity index (χ4n) is 5.70. The van der Waals surface area contributed by atoms with E-state index >= 15 is 0 Å². The van der Waals surface area contributed by atoms with Crippen LogP contribution in [-0.2, 0) is 22.3 Å². The zero-order chi connectivity index (χ0) is 18.2. The fraction of sp³-hybridized carbons (Fsp3) is 0.682. The highest BCUT2D eigenvalue weighted by Gasteiger charge is 2.42. The molecule has 0 spiro atoms. The molecule has 4 atom stereocenters. The molecule has 27 heavy (non-hydrogen) atoms. The van der Waals surface area contributed by atoms with Crippen molar-refractivity contribution in [1.82, 2.24) is 10.2 Å². The maximum Gasteiger partial charge on any atom is 0.318 e. The number of hydrogen-bond acceptors (Lipinski definition) is 3. The zero-order valence-corrected chi connectivity index (χ0v) is 15.9. The summed E-state index contributed by atoms with van der Waals surface area (Å²) < 4.78 is 11.6. The van der Waals surface area contributed by atoms with E-state index in [-0.39, 0.29) is 24.2 Å². The maximum atomic E-state index is 13.2. The van der Waals surface area contributed by atoms with Crippen LogP contribution in [0.4, 0.5) is 4.79 Å². The van der Waals surface area contributed by atoms with E-state index in [1.807, 2.05) is 4.90 Å². The Hall–Kier alpha value is -1.59. The number of carbonyl (C=O) groups is 1. The van der Waals surface area contributed by atoms with Crippen LogP contribution in [0.1, 0.15) is 36.8 Å². The Bertz CT molecular complexity index is 655. The number of benzene rings is 1. The van der Waals surface area contributed by atoms with Crippen molar-refractivity contribution in [3.63, 3.8) is 0 Å². The van der Waals surface area contributed by atoms with Crippen LogP contribution in [0.2, 0.25) is 0 Å². The van der Waals surface area contributed by atoms with Crippen molar-refractivity contribution in [1.29, 1.82) is 0 Å². The summed E-state index contributed by atoms with van der Waals surface area (Å²) in [5.74, 6) is 1.12. The molecule has 2 amide bonds. The Balaban J connectivity index is 1.30. The third kappa shape index (κ3) is 3.36. The highest BCUT2D eigenvalue weighted by atomic mass is 16.5. The van der Waals surface area contributed by atoms with Crippen LogP contribution in [0.25, 0.3) is 0 Å². The first-order valence-electron chi connectivity index (χ1n) is 10.6. The zero-order valence-electron chi connectivity index (χ0n) is 15.9. The highest BCUT2D eigenvalue weighted by Crippen LogP contribution is 2.40. The molecule has 2 saturated heterocycles. The fourth-order valence-corrected chi connectivity index (χ4v) is 5.70. The molecule has 2 aliphatic carbocycles. The van der Waals surface area contributed by atoms with E-state index in [1.165, 1.54) is 24.0 Å². The summed E-state index contributed by atoms with van der Waals surface area (Å²) >= 11 is 0. The van der Waals surface area contributed by atoms with Gasteiger partial charge in [-0.25, -0.2) is 4.79 Å². The lowest BCUT2D eigenvalue weighted by Crippen LogP contribution is -2.59. The largest absolute Gasteiger partial charge is 0.377 e. The first kappa shape index (κ1) is 17.5. The van der Waals surface area contributed by atoms with Crippen LogP contribution < -0.4 is 5.32 Å². The van der Waals surface area contributed by atoms with Gasteiger partial charge in [0.2, 0.25) is 0 Å². The number of fused-ring (bicyclic) bond motifs is 3. The molecule has 3 fully saturated rings. The Labute approximate surface area is 161 Å². The number of nitrogens with one attached hydrogen (secondary N) is 1. The third-order valence-electron chi connectivity index (χ3n) is 7.12. The second-order valence-electron chi connectivity index (χ2n) is 8.64. The average molecular weight is 370 g/mol. The van der Waals surface area contributed by atoms with E-state index in [0.717, 1.165) is 32.3 Å². The minimum absolute atomic E-state index is 0.0573. The van der Waals surface area contributed by atoms with Gasteiger partial charge in [0.15, 0.2) is 0 Å². The normalized spacial score (nSPS) is 35.6. The molecule has 1 aromatic carbocycles. The van der Waals surface area contributed by atoms with E-state index in [0.29, 0.717) is 31.6 Å². The molecule has 5 nitrogen and oxygen atoms in total. The number of ether oxygens (including phenoxy) is 2. The molecule has 5 heteroatoms. The summed E-state index contributed by atoms with van der Waals surface area (Å²) in [6, 6.07) is 9.26. The van der Waals surface area contributed by atoms with E-state index in [9.17, 15) is 4.79 Å². The quantitative estimate of drug-likeness (QED) is 0.871. The number of amides is 2. The summed E-state index contributed by atoms with van der Waals surface area (Å²) in [7, 11) is 0. The molecule has 4 aliphatic rings. The van der Waals surface area contributed by atoms with Gasteiger partial charge >= 0.3 is 6.03 Å². The molecule has 5 rings (SSSR count). The lowest BCUT2D eigenvalue weighted by atomic mass is 9.94. The highest BCUT2D eigenvalue weighted by molar-refractivity contribution is 5.75. The van der Waals surface area contributed by atoms with E-state index < -0.39 is 0 Å². The maximum absolute atomic E-state index is 13.2. The number of rotatable bonds is 2. The van der Waals surface area contributed by atoms with E-state index in [2.05, 4.69) is 29.6 Å². The van der Waals surface area contributed by atoms with Crippen molar-refractivity contribution < 1.29 is 14.3 Å². The molecule has 4 unspecified atom stereocenters. The van der Waals surface area contributed by atoms with Gasteiger partial charge in [0.1, 0.15) is 0 Å². The van der Waals surface area contributed by atoms with Gasteiger partial charge in [0.05, 0.1) is 25.4 Å². The van der Waals surface area contributed by atoms with Crippen LogP contribution >= 0.6 is 0 Å². The minimum Gasteiger partial charge on any atom is -0.377 e. The average Bonchev–Trinajstić information content (AvgIpc) is 3.30. The molecule has 1 aromatic rings. The van der Waals surface area contributed by atoms with Gasteiger partial charge in [-0.05, 0) is 61.5 Å². The molecule has 1 N–H and O–H groups in total. The van der Waals surface area contributed by atoms with Gasteiger partial charge in [0.25, 0.3) is 0 Å².